The standard InChI is InChI=1S/C21H17ClN4/c1-12-3-5-14(6-4-12)21-20(17(22)10-19(23)26-21)15-7-8-18-16(9-15)13(2)24-11-25-18/h3-11H,1-2H3,(H2,23,26). The van der Waals surface area contributed by atoms with Gasteiger partial charge >= 0.3 is 0 Å². The first-order valence-corrected chi connectivity index (χ1v) is 8.65. The van der Waals surface area contributed by atoms with Gasteiger partial charge in [-0.25, -0.2) is 15.0 Å². The van der Waals surface area contributed by atoms with Gasteiger partial charge in [0.15, 0.2) is 0 Å². The van der Waals surface area contributed by atoms with Gasteiger partial charge in [0.05, 0.1) is 16.2 Å². The van der Waals surface area contributed by atoms with Crippen LogP contribution in [0, 0.1) is 13.8 Å². The third kappa shape index (κ3) is 2.89. The number of nitrogens with two attached hydrogens (primary N) is 1. The molecule has 128 valence electrons. The third-order valence-electron chi connectivity index (χ3n) is 4.44. The number of nitrogen functional groups attached to an aromatic ring is 1. The summed E-state index contributed by atoms with van der Waals surface area (Å²) in [6, 6.07) is 15.9. The second-order valence-corrected chi connectivity index (χ2v) is 6.72. The maximum atomic E-state index is 6.59. The molecule has 0 radical (unpaired) electrons. The number of halogens is 1. The zero-order chi connectivity index (χ0) is 18.3. The molecule has 2 heterocycles. The van der Waals surface area contributed by atoms with E-state index >= 15 is 0 Å². The van der Waals surface area contributed by atoms with E-state index in [2.05, 4.69) is 40.1 Å². The molecule has 0 unspecified atom stereocenters. The van der Waals surface area contributed by atoms with Crippen LogP contribution < -0.4 is 5.73 Å². The average Bonchev–Trinajstić information content (AvgIpc) is 2.62. The second kappa shape index (κ2) is 6.39. The van der Waals surface area contributed by atoms with Gasteiger partial charge < -0.3 is 5.73 Å². The van der Waals surface area contributed by atoms with Gasteiger partial charge in [-0.15, -0.1) is 0 Å². The summed E-state index contributed by atoms with van der Waals surface area (Å²) in [5.74, 6) is 0.398. The Hall–Kier alpha value is -2.98. The first-order chi connectivity index (χ1) is 12.5. The highest BCUT2D eigenvalue weighted by molar-refractivity contribution is 6.34. The van der Waals surface area contributed by atoms with Crippen molar-refractivity contribution in [1.82, 2.24) is 15.0 Å². The molecule has 2 N–H and O–H groups in total. The molecule has 0 atom stereocenters. The monoisotopic (exact) mass is 360 g/mol. The summed E-state index contributed by atoms with van der Waals surface area (Å²) in [7, 11) is 0. The molecule has 0 saturated heterocycles. The van der Waals surface area contributed by atoms with Crippen LogP contribution in [-0.2, 0) is 0 Å². The van der Waals surface area contributed by atoms with Gasteiger partial charge in [0.1, 0.15) is 12.1 Å². The predicted octanol–water partition coefficient (Wildman–Crippen LogP) is 5.21. The molecule has 0 fully saturated rings. The van der Waals surface area contributed by atoms with E-state index in [9.17, 15) is 0 Å². The Bertz CT molecular complexity index is 1120. The van der Waals surface area contributed by atoms with Crippen molar-refractivity contribution in [2.45, 2.75) is 13.8 Å². The van der Waals surface area contributed by atoms with Gasteiger partial charge in [-0.1, -0.05) is 47.5 Å². The van der Waals surface area contributed by atoms with Crippen molar-refractivity contribution in [2.24, 2.45) is 0 Å². The normalized spacial score (nSPS) is 11.0. The zero-order valence-corrected chi connectivity index (χ0v) is 15.2. The van der Waals surface area contributed by atoms with E-state index in [0.717, 1.165) is 39.0 Å². The highest BCUT2D eigenvalue weighted by atomic mass is 35.5. The molecule has 5 heteroatoms. The molecule has 2 aromatic heterocycles. The lowest BCUT2D eigenvalue weighted by Gasteiger charge is -2.13. The van der Waals surface area contributed by atoms with Crippen LogP contribution in [0.3, 0.4) is 0 Å². The molecule has 0 amide bonds. The summed E-state index contributed by atoms with van der Waals surface area (Å²) < 4.78 is 0. The van der Waals surface area contributed by atoms with Crippen LogP contribution in [0.25, 0.3) is 33.3 Å². The number of fused-ring (bicyclic) bond motifs is 1. The summed E-state index contributed by atoms with van der Waals surface area (Å²) in [6.07, 6.45) is 1.58. The van der Waals surface area contributed by atoms with Crippen LogP contribution in [0.15, 0.2) is 54.9 Å². The molecule has 0 aliphatic carbocycles. The van der Waals surface area contributed by atoms with Crippen LogP contribution in [0.4, 0.5) is 5.82 Å². The average molecular weight is 361 g/mol. The highest BCUT2D eigenvalue weighted by Crippen LogP contribution is 2.38. The van der Waals surface area contributed by atoms with Crippen molar-refractivity contribution < 1.29 is 0 Å². The number of nitrogens with zero attached hydrogens (tertiary/aromatic N) is 3. The highest BCUT2D eigenvalue weighted by Gasteiger charge is 2.15. The Morgan fingerprint density at radius 2 is 1.62 bits per heavy atom. The second-order valence-electron chi connectivity index (χ2n) is 6.31. The van der Waals surface area contributed by atoms with E-state index < -0.39 is 0 Å². The van der Waals surface area contributed by atoms with E-state index in [1.54, 1.807) is 12.4 Å². The molecule has 0 aliphatic heterocycles. The molecule has 0 bridgehead atoms. The number of aromatic nitrogens is 3. The number of rotatable bonds is 2. The fourth-order valence-corrected chi connectivity index (χ4v) is 3.38. The predicted molar refractivity (Wildman–Crippen MR) is 107 cm³/mol. The molecule has 4 aromatic rings. The van der Waals surface area contributed by atoms with Crippen LogP contribution in [0.5, 0.6) is 0 Å². The molecule has 4 nitrogen and oxygen atoms in total. The molecule has 0 spiro atoms. The number of hydrogen-bond acceptors (Lipinski definition) is 4. The third-order valence-corrected chi connectivity index (χ3v) is 4.74. The lowest BCUT2D eigenvalue weighted by atomic mass is 9.97. The summed E-state index contributed by atoms with van der Waals surface area (Å²) in [5.41, 5.74) is 12.5. The Morgan fingerprint density at radius 1 is 0.885 bits per heavy atom. The lowest BCUT2D eigenvalue weighted by Crippen LogP contribution is -1.97. The number of hydrogen-bond donors (Lipinski definition) is 1. The van der Waals surface area contributed by atoms with Crippen molar-refractivity contribution in [3.63, 3.8) is 0 Å². The van der Waals surface area contributed by atoms with E-state index in [4.69, 9.17) is 17.3 Å². The van der Waals surface area contributed by atoms with Gasteiger partial charge in [0.25, 0.3) is 0 Å². The van der Waals surface area contributed by atoms with Crippen molar-refractivity contribution in [3.05, 3.63) is 71.1 Å². The molecular formula is C21H17ClN4. The van der Waals surface area contributed by atoms with Crippen molar-refractivity contribution in [2.75, 3.05) is 5.73 Å². The minimum Gasteiger partial charge on any atom is -0.384 e. The molecule has 0 saturated carbocycles. The smallest absolute Gasteiger partial charge is 0.125 e. The number of anilines is 1. The minimum atomic E-state index is 0.398. The Kier molecular flexibility index (Phi) is 4.05. The van der Waals surface area contributed by atoms with E-state index in [1.165, 1.54) is 5.56 Å². The van der Waals surface area contributed by atoms with Gasteiger partial charge in [0, 0.05) is 22.2 Å². The molecule has 4 rings (SSSR count). The van der Waals surface area contributed by atoms with Crippen molar-refractivity contribution >= 4 is 28.3 Å². The number of benzene rings is 2. The SMILES string of the molecule is Cc1ccc(-c2nc(N)cc(Cl)c2-c2ccc3ncnc(C)c3c2)cc1. The summed E-state index contributed by atoms with van der Waals surface area (Å²) in [6.45, 7) is 4.02. The van der Waals surface area contributed by atoms with E-state index in [0.29, 0.717) is 10.8 Å². The van der Waals surface area contributed by atoms with E-state index in [-0.39, 0.29) is 0 Å². The maximum Gasteiger partial charge on any atom is 0.125 e. The van der Waals surface area contributed by atoms with Gasteiger partial charge in [-0.2, -0.15) is 0 Å². The van der Waals surface area contributed by atoms with E-state index in [1.807, 2.05) is 31.2 Å². The van der Waals surface area contributed by atoms with Gasteiger partial charge in [0.2, 0.25) is 0 Å². The Balaban J connectivity index is 1.99. The van der Waals surface area contributed by atoms with Gasteiger partial charge in [-0.05, 0) is 37.6 Å². The largest absolute Gasteiger partial charge is 0.384 e. The lowest BCUT2D eigenvalue weighted by molar-refractivity contribution is 1.15. The number of aryl methyl sites for hydroxylation is 2. The van der Waals surface area contributed by atoms with Crippen molar-refractivity contribution in [1.29, 1.82) is 0 Å². The first-order valence-electron chi connectivity index (χ1n) is 8.28. The Labute approximate surface area is 156 Å². The topological polar surface area (TPSA) is 64.7 Å². The first kappa shape index (κ1) is 16.5. The quantitative estimate of drug-likeness (QED) is 0.532. The zero-order valence-electron chi connectivity index (χ0n) is 14.5. The minimum absolute atomic E-state index is 0.398. The summed E-state index contributed by atoms with van der Waals surface area (Å²) >= 11 is 6.59. The fourth-order valence-electron chi connectivity index (χ4n) is 3.07. The molecule has 2 aromatic carbocycles. The molecule has 26 heavy (non-hydrogen) atoms. The summed E-state index contributed by atoms with van der Waals surface area (Å²) in [5, 5.41) is 1.56. The van der Waals surface area contributed by atoms with Crippen molar-refractivity contribution in [3.8, 4) is 22.4 Å². The Morgan fingerprint density at radius 3 is 2.38 bits per heavy atom. The fraction of sp³-hybridized carbons (Fsp3) is 0.0952. The number of pyridine rings is 1. The van der Waals surface area contributed by atoms with Gasteiger partial charge in [-0.3, -0.25) is 0 Å². The molecular weight excluding hydrogens is 344 g/mol. The van der Waals surface area contributed by atoms with Crippen LogP contribution in [0.1, 0.15) is 11.3 Å². The van der Waals surface area contributed by atoms with Crippen LogP contribution >= 0.6 is 11.6 Å². The molecule has 0 aliphatic rings. The summed E-state index contributed by atoms with van der Waals surface area (Å²) in [4.78, 5) is 13.2. The maximum absolute atomic E-state index is 6.59. The van der Waals surface area contributed by atoms with Crippen LogP contribution in [-0.4, -0.2) is 15.0 Å². The van der Waals surface area contributed by atoms with Crippen LogP contribution in [0.2, 0.25) is 5.02 Å².